The van der Waals surface area contributed by atoms with Crippen molar-refractivity contribution in [1.29, 1.82) is 0 Å². The molecule has 0 unspecified atom stereocenters. The van der Waals surface area contributed by atoms with Crippen molar-refractivity contribution in [2.75, 3.05) is 11.9 Å². The Hall–Kier alpha value is -3.74. The number of esters is 1. The summed E-state index contributed by atoms with van der Waals surface area (Å²) in [5.74, 6) is -0.578. The van der Waals surface area contributed by atoms with Crippen LogP contribution in [-0.4, -0.2) is 41.2 Å². The number of nitrogens with zero attached hydrogens (tertiary/aromatic N) is 1. The summed E-state index contributed by atoms with van der Waals surface area (Å²) in [5.41, 5.74) is 1.74. The second-order valence-electron chi connectivity index (χ2n) is 11.5. The standard InChI is InChI=1S/C31H32N2O5/c1-17(2)16-38-31(37)19-8-10-20(11-9-19)32-28(34)25(14-18-6-4-3-5-7-18)33-29(35)26-21-12-13-22(24-15-23(21)24)27(26)30(33)36/h3-13,17,21-27H,14-16H2,1-2H3,(H,32,34)/t21-,22-,23-,24+,25-,26-,27+/m0/s1. The van der Waals surface area contributed by atoms with E-state index in [9.17, 15) is 19.2 Å². The van der Waals surface area contributed by atoms with Crippen molar-refractivity contribution in [3.63, 3.8) is 0 Å². The average Bonchev–Trinajstić information content (AvgIpc) is 3.70. The number of carbonyl (C=O) groups is 4. The molecule has 2 aromatic rings. The zero-order chi connectivity index (χ0) is 26.6. The molecule has 0 aromatic heterocycles. The molecule has 1 N–H and O–H groups in total. The lowest BCUT2D eigenvalue weighted by Gasteiger charge is -2.37. The predicted molar refractivity (Wildman–Crippen MR) is 141 cm³/mol. The van der Waals surface area contributed by atoms with E-state index < -0.39 is 17.9 Å². The van der Waals surface area contributed by atoms with Gasteiger partial charge in [0.1, 0.15) is 6.04 Å². The van der Waals surface area contributed by atoms with Gasteiger partial charge >= 0.3 is 5.97 Å². The van der Waals surface area contributed by atoms with Gasteiger partial charge in [-0.25, -0.2) is 4.79 Å². The fourth-order valence-electron chi connectivity index (χ4n) is 6.67. The van der Waals surface area contributed by atoms with Crippen molar-refractivity contribution in [2.24, 2.45) is 41.4 Å². The Morgan fingerprint density at radius 3 is 2.11 bits per heavy atom. The summed E-state index contributed by atoms with van der Waals surface area (Å²) < 4.78 is 5.27. The summed E-state index contributed by atoms with van der Waals surface area (Å²) in [5, 5.41) is 2.88. The maximum absolute atomic E-state index is 13.8. The molecule has 7 nitrogen and oxygen atoms in total. The van der Waals surface area contributed by atoms with Crippen LogP contribution in [0.2, 0.25) is 0 Å². The van der Waals surface area contributed by atoms with Gasteiger partial charge in [0.15, 0.2) is 0 Å². The minimum Gasteiger partial charge on any atom is -0.462 e. The van der Waals surface area contributed by atoms with Gasteiger partial charge in [-0.2, -0.15) is 0 Å². The highest BCUT2D eigenvalue weighted by Gasteiger charge is 2.67. The number of rotatable bonds is 8. The maximum Gasteiger partial charge on any atom is 0.338 e. The average molecular weight is 513 g/mol. The molecule has 7 atom stereocenters. The summed E-state index contributed by atoms with van der Waals surface area (Å²) in [7, 11) is 0. The van der Waals surface area contributed by atoms with Gasteiger partial charge < -0.3 is 10.1 Å². The van der Waals surface area contributed by atoms with Gasteiger partial charge in [-0.1, -0.05) is 56.3 Å². The number of likely N-dealkylation sites (tertiary alicyclic amines) is 1. The molecule has 1 heterocycles. The molecule has 7 heteroatoms. The molecule has 3 fully saturated rings. The SMILES string of the molecule is CC(C)COC(=O)c1ccc(NC(=O)[C@H](Cc2ccccc2)N2C(=O)[C@@H]3[C@H]4C=C[C@@H]([C@@H]5C[C@H]45)[C@@H]3C2=O)cc1. The monoisotopic (exact) mass is 512 g/mol. The summed E-state index contributed by atoms with van der Waals surface area (Å²) in [4.78, 5) is 54.7. The van der Waals surface area contributed by atoms with Crippen LogP contribution in [0.1, 0.15) is 36.2 Å². The Kier molecular flexibility index (Phi) is 6.17. The number of amides is 3. The van der Waals surface area contributed by atoms with Gasteiger partial charge in [-0.05, 0) is 65.8 Å². The largest absolute Gasteiger partial charge is 0.462 e. The molecule has 38 heavy (non-hydrogen) atoms. The molecule has 196 valence electrons. The van der Waals surface area contributed by atoms with Gasteiger partial charge in [-0.3, -0.25) is 19.3 Å². The fourth-order valence-corrected chi connectivity index (χ4v) is 6.67. The first-order valence-corrected chi connectivity index (χ1v) is 13.5. The zero-order valence-electron chi connectivity index (χ0n) is 21.6. The number of anilines is 1. The maximum atomic E-state index is 13.8. The number of hydrogen-bond acceptors (Lipinski definition) is 5. The second-order valence-corrected chi connectivity index (χ2v) is 11.5. The molecule has 0 radical (unpaired) electrons. The number of ether oxygens (including phenoxy) is 1. The fraction of sp³-hybridized carbons (Fsp3) is 0.419. The van der Waals surface area contributed by atoms with Gasteiger partial charge in [0, 0.05) is 12.1 Å². The molecule has 3 amide bonds. The van der Waals surface area contributed by atoms with Crippen LogP contribution >= 0.6 is 0 Å². The minimum atomic E-state index is -0.964. The zero-order valence-corrected chi connectivity index (χ0v) is 21.6. The van der Waals surface area contributed by atoms with Crippen LogP contribution in [0.15, 0.2) is 66.7 Å². The van der Waals surface area contributed by atoms with E-state index >= 15 is 0 Å². The lowest BCUT2D eigenvalue weighted by Crippen LogP contribution is -2.49. The van der Waals surface area contributed by atoms with Crippen molar-refractivity contribution in [2.45, 2.75) is 32.7 Å². The quantitative estimate of drug-likeness (QED) is 0.327. The van der Waals surface area contributed by atoms with Gasteiger partial charge in [0.25, 0.3) is 0 Å². The lowest BCUT2D eigenvalue weighted by atomic mass is 9.63. The molecular formula is C31H32N2O5. The number of nitrogens with one attached hydrogen (secondary N) is 1. The first-order chi connectivity index (χ1) is 18.3. The van der Waals surface area contributed by atoms with Crippen molar-refractivity contribution in [1.82, 2.24) is 4.90 Å². The lowest BCUT2D eigenvalue weighted by molar-refractivity contribution is -0.146. The van der Waals surface area contributed by atoms with Crippen LogP contribution in [0.5, 0.6) is 0 Å². The predicted octanol–water partition coefficient (Wildman–Crippen LogP) is 4.10. The van der Waals surface area contributed by atoms with E-state index in [4.69, 9.17) is 4.74 Å². The van der Waals surface area contributed by atoms with Crippen LogP contribution in [0.3, 0.4) is 0 Å². The van der Waals surface area contributed by atoms with E-state index in [1.807, 2.05) is 44.2 Å². The first-order valence-electron chi connectivity index (χ1n) is 13.5. The number of hydrogen-bond donors (Lipinski definition) is 1. The molecule has 2 bridgehead atoms. The molecule has 0 spiro atoms. The Morgan fingerprint density at radius 1 is 0.921 bits per heavy atom. The van der Waals surface area contributed by atoms with Crippen molar-refractivity contribution >= 4 is 29.4 Å². The van der Waals surface area contributed by atoms with E-state index in [0.717, 1.165) is 12.0 Å². The normalized spacial score (nSPS) is 29.2. The molecule has 5 aliphatic rings. The first kappa shape index (κ1) is 24.6. The number of imide groups is 1. The van der Waals surface area contributed by atoms with Gasteiger partial charge in [0.05, 0.1) is 24.0 Å². The molecule has 4 aliphatic carbocycles. The molecule has 1 aliphatic heterocycles. The highest BCUT2D eigenvalue weighted by molar-refractivity contribution is 6.10. The Morgan fingerprint density at radius 2 is 1.53 bits per heavy atom. The summed E-state index contributed by atoms with van der Waals surface area (Å²) >= 11 is 0. The third kappa shape index (κ3) is 4.24. The summed E-state index contributed by atoms with van der Waals surface area (Å²) in [6.07, 6.45) is 5.59. The van der Waals surface area contributed by atoms with E-state index in [2.05, 4.69) is 17.5 Å². The summed E-state index contributed by atoms with van der Waals surface area (Å²) in [6, 6.07) is 15.0. The van der Waals surface area contributed by atoms with Crippen LogP contribution in [0, 0.1) is 41.4 Å². The molecule has 7 rings (SSSR count). The van der Waals surface area contributed by atoms with Gasteiger partial charge in [-0.15, -0.1) is 0 Å². The van der Waals surface area contributed by atoms with Crippen molar-refractivity contribution < 1.29 is 23.9 Å². The van der Waals surface area contributed by atoms with E-state index in [-0.39, 0.29) is 47.8 Å². The van der Waals surface area contributed by atoms with E-state index in [1.165, 1.54) is 4.90 Å². The van der Waals surface area contributed by atoms with Crippen molar-refractivity contribution in [3.05, 3.63) is 77.9 Å². The van der Waals surface area contributed by atoms with E-state index in [0.29, 0.717) is 29.7 Å². The van der Waals surface area contributed by atoms with Crippen molar-refractivity contribution in [3.8, 4) is 0 Å². The van der Waals surface area contributed by atoms with Gasteiger partial charge in [0.2, 0.25) is 17.7 Å². The number of carbonyl (C=O) groups excluding carboxylic acids is 4. The molecular weight excluding hydrogens is 480 g/mol. The van der Waals surface area contributed by atoms with Crippen LogP contribution < -0.4 is 5.32 Å². The minimum absolute atomic E-state index is 0.0971. The highest BCUT2D eigenvalue weighted by Crippen LogP contribution is 2.65. The topological polar surface area (TPSA) is 92.8 Å². The van der Waals surface area contributed by atoms with Crippen LogP contribution in [-0.2, 0) is 25.5 Å². The number of benzene rings is 2. The van der Waals surface area contributed by atoms with E-state index in [1.54, 1.807) is 24.3 Å². The molecule has 2 aromatic carbocycles. The smallest absolute Gasteiger partial charge is 0.338 e. The van der Waals surface area contributed by atoms with Crippen LogP contribution in [0.25, 0.3) is 0 Å². The Labute approximate surface area is 222 Å². The highest BCUT2D eigenvalue weighted by atomic mass is 16.5. The third-order valence-electron chi connectivity index (χ3n) is 8.52. The number of allylic oxidation sites excluding steroid dienone is 2. The Bertz CT molecular complexity index is 1270. The molecule has 1 saturated heterocycles. The molecule has 2 saturated carbocycles. The second kappa shape index (κ2) is 9.53. The van der Waals surface area contributed by atoms with Crippen LogP contribution in [0.4, 0.5) is 5.69 Å². The summed E-state index contributed by atoms with van der Waals surface area (Å²) in [6.45, 7) is 4.26. The third-order valence-corrected chi connectivity index (χ3v) is 8.52. The Balaban J connectivity index is 1.23.